The maximum atomic E-state index is 14.1. The predicted molar refractivity (Wildman–Crippen MR) is 171 cm³/mol. The minimum Gasteiger partial charge on any atom is -0.462 e. The average Bonchev–Trinajstić information content (AvgIpc) is 3.32. The average molecular weight is 626 g/mol. The molecule has 3 fully saturated rings. The van der Waals surface area contributed by atoms with Crippen molar-refractivity contribution in [3.63, 3.8) is 0 Å². The topological polar surface area (TPSA) is 116 Å². The van der Waals surface area contributed by atoms with Gasteiger partial charge in [0.1, 0.15) is 36.9 Å². The van der Waals surface area contributed by atoms with Crippen LogP contribution in [0, 0.1) is 17.8 Å². The molecule has 0 radical (unpaired) electrons. The number of carbonyl (C=O) groups is 1. The molecule has 0 aromatic carbocycles. The van der Waals surface area contributed by atoms with Gasteiger partial charge in [-0.25, -0.2) is 0 Å². The highest BCUT2D eigenvalue weighted by Gasteiger charge is 2.60. The van der Waals surface area contributed by atoms with Crippen LogP contribution in [0.5, 0.6) is 0 Å². The predicted octanol–water partition coefficient (Wildman–Crippen LogP) is 5.48. The highest BCUT2D eigenvalue weighted by molar-refractivity contribution is 5.88. The van der Waals surface area contributed by atoms with Gasteiger partial charge >= 0.3 is 5.97 Å². The Balaban J connectivity index is 1.55. The van der Waals surface area contributed by atoms with Crippen molar-refractivity contribution in [3.8, 4) is 0 Å². The first-order chi connectivity index (χ1) is 21.4. The number of aliphatic hydroxyl groups is 2. The summed E-state index contributed by atoms with van der Waals surface area (Å²) >= 11 is 0. The highest BCUT2D eigenvalue weighted by atomic mass is 16.7. The normalized spacial score (nSPS) is 42.1. The Morgan fingerprint density at radius 2 is 2.00 bits per heavy atom. The second kappa shape index (κ2) is 13.7. The molecule has 0 saturated carbocycles. The number of esters is 1. The molecule has 9 nitrogen and oxygen atoms in total. The molecule has 5 aliphatic rings. The molecular formula is C36H51NO8. The number of nitrogens with zero attached hydrogens (tertiary/aromatic N) is 1. The van der Waals surface area contributed by atoms with Crippen LogP contribution in [0.1, 0.15) is 80.1 Å². The third-order valence-electron chi connectivity index (χ3n) is 10.1. The zero-order chi connectivity index (χ0) is 32.5. The van der Waals surface area contributed by atoms with Crippen molar-refractivity contribution in [2.45, 2.75) is 122 Å². The Hall–Kier alpha value is -2.56. The van der Waals surface area contributed by atoms with E-state index in [4.69, 9.17) is 23.8 Å². The van der Waals surface area contributed by atoms with Crippen molar-refractivity contribution in [1.29, 1.82) is 0 Å². The SMILES string of the molecule is CC/C=C(\C)[C@H]1O[C@]2(C/C(=N\OC)[C@@H]1C)C[C@@H]1C[C@@H](CC=C(C)C[C@@H](C)C=CC=C3COC4[C@H](O)C(C)=C[C@@H](C(=O)O1)[C@]34O)O2. The smallest absolute Gasteiger partial charge is 0.316 e. The Kier molecular flexibility index (Phi) is 10.3. The monoisotopic (exact) mass is 625 g/mol. The summed E-state index contributed by atoms with van der Waals surface area (Å²) in [4.78, 5) is 19.4. The fourth-order valence-corrected chi connectivity index (χ4v) is 7.75. The number of aliphatic hydroxyl groups excluding tert-OH is 1. The Morgan fingerprint density at radius 1 is 1.22 bits per heavy atom. The quantitative estimate of drug-likeness (QED) is 0.241. The second-order valence-corrected chi connectivity index (χ2v) is 13.7. The zero-order valence-electron chi connectivity index (χ0n) is 27.8. The van der Waals surface area contributed by atoms with E-state index in [0.29, 0.717) is 36.8 Å². The Labute approximate surface area is 267 Å². The van der Waals surface area contributed by atoms with Gasteiger partial charge in [-0.3, -0.25) is 4.79 Å². The van der Waals surface area contributed by atoms with Crippen LogP contribution in [0.4, 0.5) is 0 Å². The molecule has 1 spiro atoms. The molecule has 2 N–H and O–H groups in total. The second-order valence-electron chi connectivity index (χ2n) is 13.7. The molecule has 3 saturated heterocycles. The minimum absolute atomic E-state index is 0.0221. The van der Waals surface area contributed by atoms with E-state index in [1.807, 2.05) is 12.2 Å². The van der Waals surface area contributed by atoms with Crippen LogP contribution in [0.3, 0.4) is 0 Å². The van der Waals surface area contributed by atoms with E-state index >= 15 is 0 Å². The summed E-state index contributed by atoms with van der Waals surface area (Å²) < 4.78 is 25.9. The third-order valence-corrected chi connectivity index (χ3v) is 10.1. The van der Waals surface area contributed by atoms with Crippen molar-refractivity contribution in [1.82, 2.24) is 0 Å². The van der Waals surface area contributed by atoms with Gasteiger partial charge in [-0.05, 0) is 62.7 Å². The first-order valence-corrected chi connectivity index (χ1v) is 16.5. The molecule has 4 aliphatic heterocycles. The lowest BCUT2D eigenvalue weighted by Gasteiger charge is -2.50. The molecule has 0 aromatic rings. The van der Waals surface area contributed by atoms with Crippen LogP contribution in [-0.2, 0) is 28.6 Å². The number of hydrogen-bond donors (Lipinski definition) is 2. The maximum Gasteiger partial charge on any atom is 0.316 e. The fraction of sp³-hybridized carbons (Fsp3) is 0.667. The number of hydrogen-bond acceptors (Lipinski definition) is 9. The molecule has 1 aliphatic carbocycles. The van der Waals surface area contributed by atoms with E-state index in [2.05, 4.69) is 58.0 Å². The van der Waals surface area contributed by atoms with Crippen molar-refractivity contribution >= 4 is 11.7 Å². The molecule has 9 heteroatoms. The molecule has 5 rings (SSSR count). The number of fused-ring (bicyclic) bond motifs is 2. The lowest BCUT2D eigenvalue weighted by molar-refractivity contribution is -0.313. The number of oxime groups is 1. The van der Waals surface area contributed by atoms with Gasteiger partial charge in [0.15, 0.2) is 5.79 Å². The summed E-state index contributed by atoms with van der Waals surface area (Å²) in [6.45, 7) is 12.4. The molecule has 45 heavy (non-hydrogen) atoms. The van der Waals surface area contributed by atoms with Crippen molar-refractivity contribution in [2.75, 3.05) is 13.7 Å². The van der Waals surface area contributed by atoms with Crippen LogP contribution in [-0.4, -0.2) is 77.5 Å². The number of rotatable bonds is 3. The highest BCUT2D eigenvalue weighted by Crippen LogP contribution is 2.47. The lowest BCUT2D eigenvalue weighted by Crippen LogP contribution is -2.59. The molecule has 248 valence electrons. The summed E-state index contributed by atoms with van der Waals surface area (Å²) in [7, 11) is 1.54. The molecular weight excluding hydrogens is 574 g/mol. The Bertz CT molecular complexity index is 1310. The van der Waals surface area contributed by atoms with Crippen LogP contribution >= 0.6 is 0 Å². The van der Waals surface area contributed by atoms with Crippen molar-refractivity contribution in [3.05, 3.63) is 58.7 Å². The van der Waals surface area contributed by atoms with Gasteiger partial charge in [-0.15, -0.1) is 0 Å². The van der Waals surface area contributed by atoms with Gasteiger partial charge in [-0.2, -0.15) is 0 Å². The van der Waals surface area contributed by atoms with Gasteiger partial charge in [0.25, 0.3) is 0 Å². The van der Waals surface area contributed by atoms with Crippen molar-refractivity contribution < 1.29 is 38.8 Å². The summed E-state index contributed by atoms with van der Waals surface area (Å²) in [5.74, 6) is -2.46. The summed E-state index contributed by atoms with van der Waals surface area (Å²) in [5.41, 5.74) is 2.55. The molecule has 2 bridgehead atoms. The Morgan fingerprint density at radius 3 is 2.73 bits per heavy atom. The van der Waals surface area contributed by atoms with E-state index < -0.39 is 41.6 Å². The molecule has 10 atom stereocenters. The van der Waals surface area contributed by atoms with Gasteiger partial charge in [-0.1, -0.05) is 68.0 Å². The van der Waals surface area contributed by atoms with Crippen molar-refractivity contribution in [2.24, 2.45) is 22.9 Å². The van der Waals surface area contributed by atoms with E-state index in [1.54, 1.807) is 20.1 Å². The lowest BCUT2D eigenvalue weighted by atomic mass is 9.71. The van der Waals surface area contributed by atoms with Gasteiger partial charge in [0.2, 0.25) is 0 Å². The molecule has 0 amide bonds. The number of allylic oxidation sites excluding steroid dienone is 5. The summed E-state index contributed by atoms with van der Waals surface area (Å²) in [6.07, 6.45) is 12.3. The molecule has 0 aromatic heterocycles. The largest absolute Gasteiger partial charge is 0.462 e. The van der Waals surface area contributed by atoms with Crippen LogP contribution in [0.2, 0.25) is 0 Å². The van der Waals surface area contributed by atoms with E-state index in [-0.39, 0.29) is 30.7 Å². The van der Waals surface area contributed by atoms with Gasteiger partial charge < -0.3 is 34.0 Å². The standard InChI is InChI=1S/C36H51NO8/c1-8-10-23(4)32-25(6)30(37-41-7)19-35(45-32)18-28-17-27(44-35)14-13-22(3)15-21(2)11-9-12-26-20-42-33-31(38)24(5)16-29(34(39)43-28)36(26,33)40/h9-13,16,21,25,27-29,31-33,38,40H,8,14-15,17-20H2,1-7H3/b11-9?,22-13?,23-10+,26-12?,37-30+/t21-,25-,27+,28-,29-,31+,32+,33?,35-,36+/m0/s1. The first kappa shape index (κ1) is 33.8. The summed E-state index contributed by atoms with van der Waals surface area (Å²) in [6, 6.07) is 0. The van der Waals surface area contributed by atoms with Crippen LogP contribution in [0.15, 0.2) is 63.9 Å². The van der Waals surface area contributed by atoms with E-state index in [9.17, 15) is 15.0 Å². The first-order valence-electron chi connectivity index (χ1n) is 16.5. The van der Waals surface area contributed by atoms with Crippen LogP contribution in [0.25, 0.3) is 0 Å². The molecule has 4 heterocycles. The van der Waals surface area contributed by atoms with Gasteiger partial charge in [0, 0.05) is 25.2 Å². The van der Waals surface area contributed by atoms with E-state index in [0.717, 1.165) is 24.1 Å². The summed E-state index contributed by atoms with van der Waals surface area (Å²) in [5, 5.41) is 27.5. The zero-order valence-corrected chi connectivity index (χ0v) is 27.8. The number of ether oxygens (including phenoxy) is 4. The maximum absolute atomic E-state index is 14.1. The fourth-order valence-electron chi connectivity index (χ4n) is 7.75. The van der Waals surface area contributed by atoms with Gasteiger partial charge in [0.05, 0.1) is 24.5 Å². The minimum atomic E-state index is -1.74. The third kappa shape index (κ3) is 6.79. The number of carbonyl (C=O) groups excluding carboxylic acids is 1. The van der Waals surface area contributed by atoms with Crippen LogP contribution < -0.4 is 0 Å². The molecule has 1 unspecified atom stereocenters. The van der Waals surface area contributed by atoms with E-state index in [1.165, 1.54) is 5.57 Å².